The first-order valence-electron chi connectivity index (χ1n) is 9.79. The lowest BCUT2D eigenvalue weighted by atomic mass is 10.2. The van der Waals surface area contributed by atoms with Gasteiger partial charge in [-0.25, -0.2) is 9.97 Å². The van der Waals surface area contributed by atoms with Crippen LogP contribution in [0.4, 0.5) is 0 Å². The van der Waals surface area contributed by atoms with E-state index >= 15 is 0 Å². The molecule has 1 atom stereocenters. The number of thiophene rings is 1. The van der Waals surface area contributed by atoms with Gasteiger partial charge in [-0.1, -0.05) is 0 Å². The molecule has 0 bridgehead atoms. The van der Waals surface area contributed by atoms with E-state index in [2.05, 4.69) is 37.7 Å². The molecule has 0 amide bonds. The Labute approximate surface area is 182 Å². The number of aryl methyl sites for hydroxylation is 1. The van der Waals surface area contributed by atoms with Crippen molar-refractivity contribution in [2.24, 2.45) is 0 Å². The number of fused-ring (bicyclic) bond motifs is 1. The molecule has 4 heterocycles. The van der Waals surface area contributed by atoms with Gasteiger partial charge in [0.05, 0.1) is 19.8 Å². The van der Waals surface area contributed by atoms with Gasteiger partial charge < -0.3 is 9.47 Å². The van der Waals surface area contributed by atoms with E-state index in [1.165, 1.54) is 16.6 Å². The number of hydrogen-bond donors (Lipinski definition) is 0. The molecule has 9 heteroatoms. The third-order valence-electron chi connectivity index (χ3n) is 5.08. The zero-order chi connectivity index (χ0) is 20.5. The first kappa shape index (κ1) is 19.5. The summed E-state index contributed by atoms with van der Waals surface area (Å²) in [4.78, 5) is 11.1. The number of rotatable bonds is 6. The Morgan fingerprint density at radius 1 is 1.23 bits per heavy atom. The highest BCUT2D eigenvalue weighted by atomic mass is 32.2. The van der Waals surface area contributed by atoms with Crippen LogP contribution in [-0.4, -0.2) is 44.6 Å². The molecule has 154 valence electrons. The molecule has 0 saturated carbocycles. The predicted octanol–water partition coefficient (Wildman–Crippen LogP) is 4.60. The van der Waals surface area contributed by atoms with Gasteiger partial charge in [-0.05, 0) is 61.9 Å². The fraction of sp³-hybridized carbons (Fsp3) is 0.333. The number of methoxy groups -OCH3 is 1. The van der Waals surface area contributed by atoms with Crippen molar-refractivity contribution in [3.63, 3.8) is 0 Å². The maximum atomic E-state index is 5.90. The molecule has 3 aromatic heterocycles. The highest BCUT2D eigenvalue weighted by Crippen LogP contribution is 2.35. The SMILES string of the molecule is COc1ccc(-c2nnc(Sc3ncnc4sc(C)cc34)n2CC2CCCO2)cc1. The van der Waals surface area contributed by atoms with Gasteiger partial charge in [0.1, 0.15) is 21.9 Å². The van der Waals surface area contributed by atoms with Crippen LogP contribution >= 0.6 is 23.1 Å². The third kappa shape index (κ3) is 3.80. The normalized spacial score (nSPS) is 16.4. The van der Waals surface area contributed by atoms with Crippen LogP contribution in [0.3, 0.4) is 0 Å². The maximum absolute atomic E-state index is 5.90. The first-order valence-corrected chi connectivity index (χ1v) is 11.4. The van der Waals surface area contributed by atoms with Crippen molar-refractivity contribution >= 4 is 33.3 Å². The van der Waals surface area contributed by atoms with Gasteiger partial charge in [0.15, 0.2) is 11.0 Å². The zero-order valence-corrected chi connectivity index (χ0v) is 18.4. The Morgan fingerprint density at radius 2 is 2.10 bits per heavy atom. The lowest BCUT2D eigenvalue weighted by molar-refractivity contribution is 0.0953. The zero-order valence-electron chi connectivity index (χ0n) is 16.7. The quantitative estimate of drug-likeness (QED) is 0.407. The Morgan fingerprint density at radius 3 is 2.87 bits per heavy atom. The standard InChI is InChI=1S/C21H21N5O2S2/c1-13-10-17-19(29-13)22-12-23-20(17)30-21-25-24-18(14-5-7-15(27-2)8-6-14)26(21)11-16-4-3-9-28-16/h5-8,10,12,16H,3-4,9,11H2,1-2H3. The van der Waals surface area contributed by atoms with Crippen LogP contribution in [0.25, 0.3) is 21.6 Å². The van der Waals surface area contributed by atoms with Crippen LogP contribution in [0.1, 0.15) is 17.7 Å². The smallest absolute Gasteiger partial charge is 0.197 e. The summed E-state index contributed by atoms with van der Waals surface area (Å²) in [6, 6.07) is 10.0. The Bertz CT molecular complexity index is 1170. The molecule has 5 rings (SSSR count). The number of nitrogens with zero attached hydrogens (tertiary/aromatic N) is 5. The minimum Gasteiger partial charge on any atom is -0.497 e. The van der Waals surface area contributed by atoms with Crippen molar-refractivity contribution in [3.8, 4) is 17.1 Å². The lowest BCUT2D eigenvalue weighted by Gasteiger charge is -2.15. The molecule has 1 saturated heterocycles. The molecular formula is C21H21N5O2S2. The van der Waals surface area contributed by atoms with Crippen LogP contribution in [0.2, 0.25) is 0 Å². The second-order valence-electron chi connectivity index (χ2n) is 7.14. The van der Waals surface area contributed by atoms with Crippen LogP contribution in [-0.2, 0) is 11.3 Å². The highest BCUT2D eigenvalue weighted by molar-refractivity contribution is 7.99. The maximum Gasteiger partial charge on any atom is 0.197 e. The molecule has 1 aliphatic rings. The van der Waals surface area contributed by atoms with E-state index in [9.17, 15) is 0 Å². The van der Waals surface area contributed by atoms with Crippen LogP contribution in [0.5, 0.6) is 5.75 Å². The molecule has 4 aromatic rings. The molecule has 0 radical (unpaired) electrons. The van der Waals surface area contributed by atoms with Gasteiger partial charge in [0.25, 0.3) is 0 Å². The minimum atomic E-state index is 0.172. The highest BCUT2D eigenvalue weighted by Gasteiger charge is 2.23. The summed E-state index contributed by atoms with van der Waals surface area (Å²) in [6.07, 6.45) is 3.93. The third-order valence-corrected chi connectivity index (χ3v) is 7.04. The Hall–Kier alpha value is -2.49. The average Bonchev–Trinajstić information content (AvgIpc) is 3.49. The number of hydrogen-bond acceptors (Lipinski definition) is 8. The van der Waals surface area contributed by atoms with E-state index < -0.39 is 0 Å². The Kier molecular flexibility index (Phi) is 5.41. The Balaban J connectivity index is 1.54. The number of ether oxygens (including phenoxy) is 2. The summed E-state index contributed by atoms with van der Waals surface area (Å²) in [5.74, 6) is 1.64. The second-order valence-corrected chi connectivity index (χ2v) is 9.33. The molecule has 0 N–H and O–H groups in total. The van der Waals surface area contributed by atoms with E-state index in [1.807, 2.05) is 24.3 Å². The van der Waals surface area contributed by atoms with Crippen molar-refractivity contribution in [1.29, 1.82) is 0 Å². The number of aromatic nitrogens is 5. The van der Waals surface area contributed by atoms with E-state index in [0.29, 0.717) is 6.54 Å². The predicted molar refractivity (Wildman–Crippen MR) is 117 cm³/mol. The van der Waals surface area contributed by atoms with Crippen molar-refractivity contribution in [3.05, 3.63) is 41.5 Å². The van der Waals surface area contributed by atoms with Crippen LogP contribution < -0.4 is 4.74 Å². The summed E-state index contributed by atoms with van der Waals surface area (Å²) in [6.45, 7) is 3.62. The molecule has 30 heavy (non-hydrogen) atoms. The average molecular weight is 440 g/mol. The van der Waals surface area contributed by atoms with Gasteiger partial charge in [-0.15, -0.1) is 21.5 Å². The molecule has 0 spiro atoms. The molecule has 1 unspecified atom stereocenters. The largest absolute Gasteiger partial charge is 0.497 e. The summed E-state index contributed by atoms with van der Waals surface area (Å²) >= 11 is 3.20. The van der Waals surface area contributed by atoms with E-state index in [-0.39, 0.29) is 6.10 Å². The van der Waals surface area contributed by atoms with Gasteiger partial charge in [0.2, 0.25) is 0 Å². The van der Waals surface area contributed by atoms with Crippen molar-refractivity contribution in [2.75, 3.05) is 13.7 Å². The first-order chi connectivity index (χ1) is 14.7. The number of benzene rings is 1. The van der Waals surface area contributed by atoms with Crippen molar-refractivity contribution in [1.82, 2.24) is 24.7 Å². The van der Waals surface area contributed by atoms with Crippen molar-refractivity contribution < 1.29 is 9.47 Å². The fourth-order valence-electron chi connectivity index (χ4n) is 3.60. The van der Waals surface area contributed by atoms with Gasteiger partial charge in [0, 0.05) is 22.4 Å². The van der Waals surface area contributed by atoms with E-state index in [1.54, 1.807) is 24.8 Å². The van der Waals surface area contributed by atoms with Crippen LogP contribution in [0.15, 0.2) is 46.8 Å². The molecular weight excluding hydrogens is 418 g/mol. The summed E-state index contributed by atoms with van der Waals surface area (Å²) < 4.78 is 13.3. The second kappa shape index (κ2) is 8.33. The molecule has 1 fully saturated rings. The summed E-state index contributed by atoms with van der Waals surface area (Å²) in [5.41, 5.74) is 0.993. The minimum absolute atomic E-state index is 0.172. The lowest BCUT2D eigenvalue weighted by Crippen LogP contribution is -2.16. The monoisotopic (exact) mass is 439 g/mol. The fourth-order valence-corrected chi connectivity index (χ4v) is 5.40. The van der Waals surface area contributed by atoms with Crippen molar-refractivity contribution in [2.45, 2.75) is 42.6 Å². The molecule has 0 aliphatic carbocycles. The summed E-state index contributed by atoms with van der Waals surface area (Å²) in [7, 11) is 1.66. The van der Waals surface area contributed by atoms with E-state index in [0.717, 1.165) is 57.0 Å². The topological polar surface area (TPSA) is 75.0 Å². The van der Waals surface area contributed by atoms with Gasteiger partial charge in [-0.3, -0.25) is 4.57 Å². The van der Waals surface area contributed by atoms with E-state index in [4.69, 9.17) is 9.47 Å². The van der Waals surface area contributed by atoms with Gasteiger partial charge in [-0.2, -0.15) is 0 Å². The van der Waals surface area contributed by atoms with Gasteiger partial charge >= 0.3 is 0 Å². The molecule has 1 aliphatic heterocycles. The summed E-state index contributed by atoms with van der Waals surface area (Å²) in [5, 5.41) is 11.8. The molecule has 7 nitrogen and oxygen atoms in total. The molecule has 1 aromatic carbocycles. The van der Waals surface area contributed by atoms with Crippen LogP contribution in [0, 0.1) is 6.92 Å².